The third-order valence-corrected chi connectivity index (χ3v) is 5.76. The number of methoxy groups -OCH3 is 1. The van der Waals surface area contributed by atoms with Crippen molar-refractivity contribution in [1.82, 2.24) is 5.43 Å². The zero-order valence-electron chi connectivity index (χ0n) is 13.1. The largest absolute Gasteiger partial charge is 0.497 e. The predicted octanol–water partition coefficient (Wildman–Crippen LogP) is 2.19. The molecule has 7 nitrogen and oxygen atoms in total. The predicted molar refractivity (Wildman–Crippen MR) is 96.3 cm³/mol. The highest BCUT2D eigenvalue weighted by atomic mass is 35.5. The number of rotatable bonds is 6. The minimum atomic E-state index is -4.17. The van der Waals surface area contributed by atoms with Gasteiger partial charge in [0.15, 0.2) is 0 Å². The van der Waals surface area contributed by atoms with Crippen molar-refractivity contribution in [1.29, 1.82) is 0 Å². The van der Waals surface area contributed by atoms with Crippen LogP contribution in [-0.2, 0) is 14.8 Å². The van der Waals surface area contributed by atoms with Crippen LogP contribution in [0.15, 0.2) is 47.4 Å². The molecule has 0 radical (unpaired) electrons. The van der Waals surface area contributed by atoms with E-state index >= 15 is 0 Å². The first-order chi connectivity index (χ1) is 11.8. The maximum atomic E-state index is 13.0. The fourth-order valence-corrected chi connectivity index (χ4v) is 4.19. The van der Waals surface area contributed by atoms with Gasteiger partial charge in [0.05, 0.1) is 17.8 Å². The highest BCUT2D eigenvalue weighted by Gasteiger charge is 2.29. The molecule has 0 fully saturated rings. The van der Waals surface area contributed by atoms with Gasteiger partial charge in [-0.15, -0.1) is 0 Å². The number of benzene rings is 2. The summed E-state index contributed by atoms with van der Waals surface area (Å²) < 4.78 is 32.0. The zero-order valence-corrected chi connectivity index (χ0v) is 15.4. The smallest absolute Gasteiger partial charge is 0.266 e. The monoisotopic (exact) mass is 403 g/mol. The van der Waals surface area contributed by atoms with Crippen LogP contribution in [0.4, 0.5) is 5.69 Å². The Bertz CT molecular complexity index is 873. The van der Waals surface area contributed by atoms with Crippen LogP contribution >= 0.6 is 23.2 Å². The molecule has 2 aromatic carbocycles. The second-order valence-corrected chi connectivity index (χ2v) is 7.53. The summed E-state index contributed by atoms with van der Waals surface area (Å²) in [4.78, 5) is 11.5. The molecule has 0 saturated heterocycles. The van der Waals surface area contributed by atoms with Gasteiger partial charge in [-0.05, 0) is 42.5 Å². The van der Waals surface area contributed by atoms with E-state index in [9.17, 15) is 13.2 Å². The van der Waals surface area contributed by atoms with E-state index < -0.39 is 22.5 Å². The summed E-state index contributed by atoms with van der Waals surface area (Å²) in [6.07, 6.45) is 0. The summed E-state index contributed by atoms with van der Waals surface area (Å²) in [7, 11) is -2.69. The molecular formula is C15H15Cl2N3O4S. The minimum absolute atomic E-state index is 0.0175. The number of carbonyl (C=O) groups is 1. The Labute approximate surface area is 155 Å². The first-order valence-electron chi connectivity index (χ1n) is 6.91. The van der Waals surface area contributed by atoms with Gasteiger partial charge in [0.1, 0.15) is 17.2 Å². The average Bonchev–Trinajstić information content (AvgIpc) is 2.61. The molecule has 0 aliphatic carbocycles. The number of carbonyl (C=O) groups excluding carboxylic acids is 1. The summed E-state index contributed by atoms with van der Waals surface area (Å²) in [5, 5.41) is 0.178. The Hall–Kier alpha value is -2.00. The molecule has 10 heteroatoms. The van der Waals surface area contributed by atoms with Crippen LogP contribution in [0.3, 0.4) is 0 Å². The normalized spacial score (nSPS) is 11.0. The van der Waals surface area contributed by atoms with Crippen LogP contribution in [0.2, 0.25) is 10.0 Å². The van der Waals surface area contributed by atoms with Gasteiger partial charge in [0.2, 0.25) is 0 Å². The van der Waals surface area contributed by atoms with E-state index in [1.807, 2.05) is 5.43 Å². The molecule has 0 aliphatic rings. The lowest BCUT2D eigenvalue weighted by Crippen LogP contribution is -2.43. The van der Waals surface area contributed by atoms with Gasteiger partial charge in [-0.3, -0.25) is 14.5 Å². The van der Waals surface area contributed by atoms with Crippen LogP contribution in [0.1, 0.15) is 0 Å². The molecule has 0 spiro atoms. The number of anilines is 1. The number of nitrogens with one attached hydrogen (secondary N) is 1. The second kappa shape index (κ2) is 7.92. The quantitative estimate of drug-likeness (QED) is 0.437. The van der Waals surface area contributed by atoms with Crippen LogP contribution in [0.25, 0.3) is 0 Å². The maximum Gasteiger partial charge on any atom is 0.266 e. The Morgan fingerprint density at radius 3 is 2.40 bits per heavy atom. The second-order valence-electron chi connectivity index (χ2n) is 4.85. The fraction of sp³-hybridized carbons (Fsp3) is 0.133. The van der Waals surface area contributed by atoms with E-state index in [4.69, 9.17) is 33.8 Å². The van der Waals surface area contributed by atoms with Crippen LogP contribution in [-0.4, -0.2) is 28.0 Å². The first-order valence-corrected chi connectivity index (χ1v) is 9.10. The van der Waals surface area contributed by atoms with E-state index in [2.05, 4.69) is 0 Å². The SMILES string of the molecule is COc1ccc(N(CC(=O)NN)S(=O)(=O)c2cc(Cl)ccc2Cl)cc1. The Balaban J connectivity index is 2.56. The molecule has 0 atom stereocenters. The average molecular weight is 404 g/mol. The molecule has 0 bridgehead atoms. The van der Waals surface area contributed by atoms with Crippen molar-refractivity contribution in [3.05, 3.63) is 52.5 Å². The summed E-state index contributed by atoms with van der Waals surface area (Å²) >= 11 is 11.9. The van der Waals surface area contributed by atoms with Crippen LogP contribution in [0.5, 0.6) is 5.75 Å². The summed E-state index contributed by atoms with van der Waals surface area (Å²) in [5.41, 5.74) is 2.15. The van der Waals surface area contributed by atoms with Crippen molar-refractivity contribution >= 4 is 44.8 Å². The van der Waals surface area contributed by atoms with Gasteiger partial charge < -0.3 is 4.74 Å². The van der Waals surface area contributed by atoms with Crippen molar-refractivity contribution in [2.45, 2.75) is 4.90 Å². The highest BCUT2D eigenvalue weighted by Crippen LogP contribution is 2.31. The van der Waals surface area contributed by atoms with Crippen molar-refractivity contribution in [3.8, 4) is 5.75 Å². The molecule has 25 heavy (non-hydrogen) atoms. The molecule has 2 rings (SSSR count). The number of ether oxygens (including phenoxy) is 1. The lowest BCUT2D eigenvalue weighted by atomic mass is 10.3. The topological polar surface area (TPSA) is 102 Å². The van der Waals surface area contributed by atoms with Gasteiger partial charge in [-0.2, -0.15) is 0 Å². The third-order valence-electron chi connectivity index (χ3n) is 3.27. The van der Waals surface area contributed by atoms with Gasteiger partial charge in [0, 0.05) is 5.02 Å². The summed E-state index contributed by atoms with van der Waals surface area (Å²) in [6.45, 7) is -0.534. The van der Waals surface area contributed by atoms with E-state index in [0.717, 1.165) is 4.31 Å². The van der Waals surface area contributed by atoms with E-state index in [-0.39, 0.29) is 20.6 Å². The van der Waals surface area contributed by atoms with E-state index in [1.165, 1.54) is 37.4 Å². The number of nitrogens with zero attached hydrogens (tertiary/aromatic N) is 1. The summed E-state index contributed by atoms with van der Waals surface area (Å²) in [5.74, 6) is 4.93. The molecule has 3 N–H and O–H groups in total. The molecule has 0 heterocycles. The lowest BCUT2D eigenvalue weighted by molar-refractivity contribution is -0.119. The molecule has 2 aromatic rings. The zero-order chi connectivity index (χ0) is 18.6. The molecule has 1 amide bonds. The number of sulfonamides is 1. The highest BCUT2D eigenvalue weighted by molar-refractivity contribution is 7.93. The Morgan fingerprint density at radius 1 is 1.20 bits per heavy atom. The van der Waals surface area contributed by atoms with Crippen molar-refractivity contribution in [2.75, 3.05) is 18.0 Å². The summed E-state index contributed by atoms with van der Waals surface area (Å²) in [6, 6.07) is 10.2. The Morgan fingerprint density at radius 2 is 1.84 bits per heavy atom. The van der Waals surface area contributed by atoms with Gasteiger partial charge >= 0.3 is 0 Å². The maximum absolute atomic E-state index is 13.0. The number of hydrogen-bond acceptors (Lipinski definition) is 5. The third kappa shape index (κ3) is 4.35. The van der Waals surface area contributed by atoms with Gasteiger partial charge in [-0.1, -0.05) is 23.2 Å². The molecule has 0 unspecified atom stereocenters. The lowest BCUT2D eigenvalue weighted by Gasteiger charge is -2.24. The van der Waals surface area contributed by atoms with Crippen molar-refractivity contribution in [3.63, 3.8) is 0 Å². The van der Waals surface area contributed by atoms with Gasteiger partial charge in [-0.25, -0.2) is 14.3 Å². The van der Waals surface area contributed by atoms with E-state index in [0.29, 0.717) is 5.75 Å². The number of hydrogen-bond donors (Lipinski definition) is 2. The number of hydrazine groups is 1. The standard InChI is InChI=1S/C15H15Cl2N3O4S/c1-24-12-5-3-11(4-6-12)20(9-15(21)19-18)25(22,23)14-8-10(16)2-7-13(14)17/h2-8H,9,18H2,1H3,(H,19,21). The van der Waals surface area contributed by atoms with Crippen LogP contribution in [0, 0.1) is 0 Å². The minimum Gasteiger partial charge on any atom is -0.497 e. The molecule has 0 aliphatic heterocycles. The molecule has 0 aromatic heterocycles. The number of halogens is 2. The molecular weight excluding hydrogens is 389 g/mol. The van der Waals surface area contributed by atoms with E-state index in [1.54, 1.807) is 12.1 Å². The first kappa shape index (κ1) is 19.3. The fourth-order valence-electron chi connectivity index (χ4n) is 2.03. The number of amides is 1. The van der Waals surface area contributed by atoms with Crippen molar-refractivity contribution in [2.24, 2.45) is 5.84 Å². The van der Waals surface area contributed by atoms with Crippen molar-refractivity contribution < 1.29 is 17.9 Å². The number of nitrogens with two attached hydrogens (primary N) is 1. The Kier molecular flexibility index (Phi) is 6.12. The van der Waals surface area contributed by atoms with Crippen LogP contribution < -0.4 is 20.3 Å². The van der Waals surface area contributed by atoms with Gasteiger partial charge in [0.25, 0.3) is 15.9 Å². The molecule has 134 valence electrons. The molecule has 0 saturated carbocycles.